The first-order chi connectivity index (χ1) is 16.1. The number of rotatable bonds is 5. The van der Waals surface area contributed by atoms with Gasteiger partial charge in [0.05, 0.1) is 10.9 Å². The minimum Gasteiger partial charge on any atom is -0.339 e. The van der Waals surface area contributed by atoms with E-state index in [9.17, 15) is 9.59 Å². The van der Waals surface area contributed by atoms with Crippen molar-refractivity contribution in [2.24, 2.45) is 0 Å². The quantitative estimate of drug-likeness (QED) is 0.324. The van der Waals surface area contributed by atoms with E-state index in [0.717, 1.165) is 42.6 Å². The van der Waals surface area contributed by atoms with Crippen molar-refractivity contribution in [1.82, 2.24) is 19.4 Å². The van der Waals surface area contributed by atoms with E-state index in [-0.39, 0.29) is 11.5 Å². The second-order valence-electron chi connectivity index (χ2n) is 8.23. The molecule has 3 heterocycles. The number of para-hydroxylation sites is 1. The molecule has 4 aromatic rings. The monoisotopic (exact) mass is 456 g/mol. The van der Waals surface area contributed by atoms with Crippen LogP contribution in [0.15, 0.2) is 76.8 Å². The van der Waals surface area contributed by atoms with Crippen LogP contribution in [0, 0.1) is 6.92 Å². The summed E-state index contributed by atoms with van der Waals surface area (Å²) in [5, 5.41) is 1.16. The minimum absolute atomic E-state index is 0.0993. The summed E-state index contributed by atoms with van der Waals surface area (Å²) in [5.41, 5.74) is 3.34. The number of benzene rings is 2. The largest absolute Gasteiger partial charge is 0.339 e. The number of nitrogens with zero attached hydrogens (tertiary/aromatic N) is 4. The van der Waals surface area contributed by atoms with Crippen LogP contribution in [-0.4, -0.2) is 38.4 Å². The first kappa shape index (κ1) is 21.4. The fraction of sp³-hybridized carbons (Fsp3) is 0.231. The highest BCUT2D eigenvalue weighted by Gasteiger charge is 2.19. The molecule has 5 rings (SSSR count). The molecule has 1 fully saturated rings. The average molecular weight is 457 g/mol. The van der Waals surface area contributed by atoms with E-state index in [0.29, 0.717) is 27.6 Å². The summed E-state index contributed by atoms with van der Waals surface area (Å²) in [6, 6.07) is 18.9. The number of pyridine rings is 1. The second-order valence-corrected chi connectivity index (χ2v) is 9.17. The van der Waals surface area contributed by atoms with Crippen molar-refractivity contribution < 1.29 is 4.79 Å². The highest BCUT2D eigenvalue weighted by molar-refractivity contribution is 7.98. The molecule has 0 bridgehead atoms. The molecule has 6 nitrogen and oxygen atoms in total. The molecule has 0 aliphatic carbocycles. The average Bonchev–Trinajstić information content (AvgIpc) is 3.38. The summed E-state index contributed by atoms with van der Waals surface area (Å²) in [5.74, 6) is 1.28. The van der Waals surface area contributed by atoms with E-state index in [2.05, 4.69) is 4.98 Å². The van der Waals surface area contributed by atoms with E-state index in [1.165, 1.54) is 11.8 Å². The van der Waals surface area contributed by atoms with Gasteiger partial charge in [0, 0.05) is 30.6 Å². The van der Waals surface area contributed by atoms with Crippen LogP contribution >= 0.6 is 11.8 Å². The van der Waals surface area contributed by atoms with Gasteiger partial charge in [-0.3, -0.25) is 9.59 Å². The highest BCUT2D eigenvalue weighted by atomic mass is 32.2. The molecule has 7 heteroatoms. The molecule has 166 valence electrons. The number of aryl methyl sites for hydroxylation is 1. The molecule has 0 atom stereocenters. The Morgan fingerprint density at radius 2 is 1.79 bits per heavy atom. The molecule has 2 aromatic heterocycles. The summed E-state index contributed by atoms with van der Waals surface area (Å²) in [6.45, 7) is 3.66. The molecule has 2 aromatic carbocycles. The number of thioether (sulfide) groups is 1. The maximum Gasteiger partial charge on any atom is 0.267 e. The molecule has 1 saturated heterocycles. The molecule has 0 radical (unpaired) electrons. The molecular weight excluding hydrogens is 432 g/mol. The number of carbonyl (C=O) groups is 1. The lowest BCUT2D eigenvalue weighted by molar-refractivity contribution is 0.0793. The Morgan fingerprint density at radius 1 is 1.03 bits per heavy atom. The smallest absolute Gasteiger partial charge is 0.267 e. The van der Waals surface area contributed by atoms with Gasteiger partial charge in [0.1, 0.15) is 5.82 Å². The van der Waals surface area contributed by atoms with E-state index < -0.39 is 0 Å². The van der Waals surface area contributed by atoms with Crippen molar-refractivity contribution in [3.8, 4) is 5.82 Å². The normalized spacial score (nSPS) is 13.5. The molecular formula is C26H24N4O2S. The standard InChI is InChI=1S/C26H24N4O2S/c1-18-12-13-27-23(16-18)30-25(32)21-6-2-3-7-22(21)28-26(30)33-17-19-8-10-20(11-9-19)24(31)29-14-4-5-15-29/h2-3,6-13,16H,4-5,14-15,17H2,1H3. The van der Waals surface area contributed by atoms with Gasteiger partial charge in [-0.1, -0.05) is 36.0 Å². The molecule has 33 heavy (non-hydrogen) atoms. The van der Waals surface area contributed by atoms with E-state index >= 15 is 0 Å². The van der Waals surface area contributed by atoms with Crippen molar-refractivity contribution in [3.05, 3.63) is 93.9 Å². The van der Waals surface area contributed by atoms with Gasteiger partial charge in [-0.2, -0.15) is 0 Å². The number of hydrogen-bond donors (Lipinski definition) is 0. The second kappa shape index (κ2) is 9.19. The zero-order valence-electron chi connectivity index (χ0n) is 18.4. The van der Waals surface area contributed by atoms with Gasteiger partial charge in [-0.25, -0.2) is 14.5 Å². The summed E-state index contributed by atoms with van der Waals surface area (Å²) < 4.78 is 1.59. The number of carbonyl (C=O) groups excluding carboxylic acids is 1. The zero-order valence-corrected chi connectivity index (χ0v) is 19.2. The lowest BCUT2D eigenvalue weighted by Crippen LogP contribution is -2.27. The van der Waals surface area contributed by atoms with Crippen LogP contribution in [0.2, 0.25) is 0 Å². The van der Waals surface area contributed by atoms with Gasteiger partial charge in [0.25, 0.3) is 11.5 Å². The third kappa shape index (κ3) is 4.41. The first-order valence-electron chi connectivity index (χ1n) is 11.1. The first-order valence-corrected chi connectivity index (χ1v) is 12.0. The fourth-order valence-electron chi connectivity index (χ4n) is 4.05. The number of hydrogen-bond acceptors (Lipinski definition) is 5. The van der Waals surface area contributed by atoms with Gasteiger partial charge < -0.3 is 4.90 Å². The molecule has 0 spiro atoms. The maximum atomic E-state index is 13.3. The molecule has 1 aliphatic heterocycles. The molecule has 1 amide bonds. The topological polar surface area (TPSA) is 68.1 Å². The minimum atomic E-state index is -0.132. The van der Waals surface area contributed by atoms with E-state index in [4.69, 9.17) is 4.98 Å². The van der Waals surface area contributed by atoms with Crippen LogP contribution in [0.1, 0.15) is 34.3 Å². The summed E-state index contributed by atoms with van der Waals surface area (Å²) >= 11 is 1.49. The maximum absolute atomic E-state index is 13.3. The Bertz CT molecular complexity index is 1380. The van der Waals surface area contributed by atoms with Gasteiger partial charge >= 0.3 is 0 Å². The Balaban J connectivity index is 1.44. The van der Waals surface area contributed by atoms with Crippen LogP contribution in [0.3, 0.4) is 0 Å². The summed E-state index contributed by atoms with van der Waals surface area (Å²) in [6.07, 6.45) is 3.87. The Kier molecular flexibility index (Phi) is 5.96. The predicted octanol–water partition coefficient (Wildman–Crippen LogP) is 4.62. The van der Waals surface area contributed by atoms with Gasteiger partial charge in [-0.05, 0) is 67.3 Å². The van der Waals surface area contributed by atoms with E-state index in [1.54, 1.807) is 16.8 Å². The SMILES string of the molecule is Cc1ccnc(-n2c(SCc3ccc(C(=O)N4CCCC4)cc3)nc3ccccc3c2=O)c1. The van der Waals surface area contributed by atoms with Crippen LogP contribution < -0.4 is 5.56 Å². The lowest BCUT2D eigenvalue weighted by Gasteiger charge is -2.15. The highest BCUT2D eigenvalue weighted by Crippen LogP contribution is 2.25. The fourth-order valence-corrected chi connectivity index (χ4v) is 5.00. The van der Waals surface area contributed by atoms with Crippen molar-refractivity contribution >= 4 is 28.6 Å². The summed E-state index contributed by atoms with van der Waals surface area (Å²) in [7, 11) is 0. The Labute approximate surface area is 196 Å². The predicted molar refractivity (Wildman–Crippen MR) is 131 cm³/mol. The van der Waals surface area contributed by atoms with Crippen molar-refractivity contribution in [1.29, 1.82) is 0 Å². The van der Waals surface area contributed by atoms with Crippen molar-refractivity contribution in [3.63, 3.8) is 0 Å². The third-order valence-electron chi connectivity index (χ3n) is 5.84. The molecule has 0 N–H and O–H groups in total. The number of amides is 1. The van der Waals surface area contributed by atoms with Crippen LogP contribution in [-0.2, 0) is 5.75 Å². The number of likely N-dealkylation sites (tertiary alicyclic amines) is 1. The third-order valence-corrected chi connectivity index (χ3v) is 6.85. The zero-order chi connectivity index (χ0) is 22.8. The van der Waals surface area contributed by atoms with Crippen LogP contribution in [0.25, 0.3) is 16.7 Å². The van der Waals surface area contributed by atoms with Crippen LogP contribution in [0.5, 0.6) is 0 Å². The Hall–Kier alpha value is -3.45. The molecule has 0 unspecified atom stereocenters. The molecule has 0 saturated carbocycles. The molecule has 1 aliphatic rings. The lowest BCUT2D eigenvalue weighted by atomic mass is 10.1. The summed E-state index contributed by atoms with van der Waals surface area (Å²) in [4.78, 5) is 37.1. The van der Waals surface area contributed by atoms with Crippen molar-refractivity contribution in [2.45, 2.75) is 30.7 Å². The van der Waals surface area contributed by atoms with Crippen molar-refractivity contribution in [2.75, 3.05) is 13.1 Å². The Morgan fingerprint density at radius 3 is 2.55 bits per heavy atom. The van der Waals surface area contributed by atoms with Gasteiger partial charge in [0.15, 0.2) is 5.16 Å². The van der Waals surface area contributed by atoms with Crippen LogP contribution in [0.4, 0.5) is 0 Å². The van der Waals surface area contributed by atoms with Gasteiger partial charge in [-0.15, -0.1) is 0 Å². The van der Waals surface area contributed by atoms with E-state index in [1.807, 2.05) is 66.4 Å². The number of fused-ring (bicyclic) bond motifs is 1. The number of aromatic nitrogens is 3. The van der Waals surface area contributed by atoms with Gasteiger partial charge in [0.2, 0.25) is 0 Å².